The van der Waals surface area contributed by atoms with E-state index in [0.717, 1.165) is 32.7 Å². The molecule has 0 saturated carbocycles. The maximum absolute atomic E-state index is 12.0. The lowest BCUT2D eigenvalue weighted by atomic mass is 10.1. The van der Waals surface area contributed by atoms with E-state index < -0.39 is 10.9 Å². The summed E-state index contributed by atoms with van der Waals surface area (Å²) in [5.74, 6) is 0. The van der Waals surface area contributed by atoms with Gasteiger partial charge in [-0.1, -0.05) is 30.3 Å². The first-order chi connectivity index (χ1) is 12.7. The number of rotatable bonds is 9. The Labute approximate surface area is 152 Å². The van der Waals surface area contributed by atoms with Gasteiger partial charge in [-0.2, -0.15) is 0 Å². The number of aliphatic hydroxyl groups is 1. The summed E-state index contributed by atoms with van der Waals surface area (Å²) in [4.78, 5) is 28.2. The summed E-state index contributed by atoms with van der Waals surface area (Å²) in [6.45, 7) is 5.12. The predicted molar refractivity (Wildman–Crippen MR) is 102 cm³/mol. The molecule has 2 N–H and O–H groups in total. The Hall–Kier alpha value is -2.22. The number of piperazine rings is 1. The van der Waals surface area contributed by atoms with Gasteiger partial charge in [0.25, 0.3) is 10.9 Å². The van der Waals surface area contributed by atoms with Crippen LogP contribution in [-0.2, 0) is 11.3 Å². The minimum Gasteiger partial charge on any atom is -0.394 e. The van der Waals surface area contributed by atoms with E-state index in [0.29, 0.717) is 24.5 Å². The predicted octanol–water partition coefficient (Wildman–Crippen LogP) is 0.0256. The lowest BCUT2D eigenvalue weighted by Crippen LogP contribution is -2.51. The van der Waals surface area contributed by atoms with Crippen LogP contribution in [0.1, 0.15) is 5.56 Å². The molecule has 0 unspecified atom stereocenters. The zero-order chi connectivity index (χ0) is 18.4. The van der Waals surface area contributed by atoms with E-state index in [4.69, 9.17) is 9.84 Å². The van der Waals surface area contributed by atoms with Crippen molar-refractivity contribution in [2.45, 2.75) is 6.54 Å². The SMILES string of the molecule is O=c1c(NCCOCCO)c(N2CCN(Cc3ccccc3)CC2)c1=O. The molecule has 3 rings (SSSR count). The molecule has 2 aromatic rings. The quantitative estimate of drug-likeness (QED) is 0.483. The molecule has 0 amide bonds. The Morgan fingerprint density at radius 2 is 1.73 bits per heavy atom. The van der Waals surface area contributed by atoms with Crippen molar-refractivity contribution < 1.29 is 9.84 Å². The van der Waals surface area contributed by atoms with Crippen LogP contribution < -0.4 is 21.1 Å². The molecule has 0 aliphatic carbocycles. The van der Waals surface area contributed by atoms with Crippen molar-refractivity contribution in [2.24, 2.45) is 0 Å². The maximum atomic E-state index is 12.0. The summed E-state index contributed by atoms with van der Waals surface area (Å²) in [7, 11) is 0. The number of anilines is 2. The summed E-state index contributed by atoms with van der Waals surface area (Å²) in [6.07, 6.45) is 0. The lowest BCUT2D eigenvalue weighted by Gasteiger charge is -2.37. The van der Waals surface area contributed by atoms with Gasteiger partial charge in [-0.3, -0.25) is 14.5 Å². The van der Waals surface area contributed by atoms with Gasteiger partial charge in [0.05, 0.1) is 19.8 Å². The largest absolute Gasteiger partial charge is 0.394 e. The number of ether oxygens (including phenoxy) is 1. The third-order valence-corrected chi connectivity index (χ3v) is 4.61. The Morgan fingerprint density at radius 3 is 2.42 bits per heavy atom. The molecule has 1 saturated heterocycles. The molecule has 7 nitrogen and oxygen atoms in total. The topological polar surface area (TPSA) is 82.1 Å². The highest BCUT2D eigenvalue weighted by molar-refractivity contribution is 5.75. The van der Waals surface area contributed by atoms with E-state index in [1.807, 2.05) is 23.1 Å². The van der Waals surface area contributed by atoms with Gasteiger partial charge < -0.3 is 20.1 Å². The minimum absolute atomic E-state index is 0.0291. The molecule has 0 radical (unpaired) electrons. The van der Waals surface area contributed by atoms with Crippen molar-refractivity contribution in [1.82, 2.24) is 4.90 Å². The molecule has 0 aromatic heterocycles. The molecule has 1 heterocycles. The standard InChI is InChI=1S/C19H25N3O4/c23-11-13-26-12-6-20-16-17(19(25)18(16)24)22-9-7-21(8-10-22)14-15-4-2-1-3-5-15/h1-5,20,23H,6-14H2. The molecular weight excluding hydrogens is 334 g/mol. The Bertz CT molecular complexity index is 763. The van der Waals surface area contributed by atoms with E-state index in [2.05, 4.69) is 22.3 Å². The molecule has 26 heavy (non-hydrogen) atoms. The number of hydrogen-bond donors (Lipinski definition) is 2. The molecule has 0 spiro atoms. The summed E-state index contributed by atoms with van der Waals surface area (Å²) < 4.78 is 5.16. The second kappa shape index (κ2) is 8.93. The molecule has 1 fully saturated rings. The van der Waals surface area contributed by atoms with Gasteiger partial charge in [0.2, 0.25) is 0 Å². The maximum Gasteiger partial charge on any atom is 0.253 e. The fraction of sp³-hybridized carbons (Fsp3) is 0.474. The third kappa shape index (κ3) is 4.30. The molecule has 0 bridgehead atoms. The molecule has 140 valence electrons. The minimum atomic E-state index is -0.450. The molecule has 7 heteroatoms. The molecule has 2 aromatic carbocycles. The number of nitrogens with one attached hydrogen (secondary N) is 1. The zero-order valence-electron chi connectivity index (χ0n) is 14.8. The van der Waals surface area contributed by atoms with Gasteiger partial charge >= 0.3 is 0 Å². The summed E-state index contributed by atoms with van der Waals surface area (Å²) >= 11 is 0. The second-order valence-electron chi connectivity index (χ2n) is 6.39. The highest BCUT2D eigenvalue weighted by Crippen LogP contribution is 2.22. The van der Waals surface area contributed by atoms with Crippen molar-refractivity contribution in [3.05, 3.63) is 56.3 Å². The van der Waals surface area contributed by atoms with Gasteiger partial charge in [0.1, 0.15) is 11.4 Å². The number of hydrogen-bond acceptors (Lipinski definition) is 7. The fourth-order valence-electron chi connectivity index (χ4n) is 3.23. The Morgan fingerprint density at radius 1 is 1.00 bits per heavy atom. The van der Waals surface area contributed by atoms with E-state index in [1.54, 1.807) is 0 Å². The van der Waals surface area contributed by atoms with Crippen molar-refractivity contribution >= 4 is 11.4 Å². The number of benzene rings is 1. The Kier molecular flexibility index (Phi) is 6.38. The molecule has 1 aliphatic rings. The normalized spacial score (nSPS) is 15.5. The van der Waals surface area contributed by atoms with E-state index in [1.165, 1.54) is 5.56 Å². The first kappa shape index (κ1) is 18.6. The monoisotopic (exact) mass is 359 g/mol. The van der Waals surface area contributed by atoms with E-state index >= 15 is 0 Å². The average Bonchev–Trinajstić information content (AvgIpc) is 2.68. The summed E-state index contributed by atoms with van der Waals surface area (Å²) in [6, 6.07) is 10.3. The highest BCUT2D eigenvalue weighted by Gasteiger charge is 2.28. The van der Waals surface area contributed by atoms with Gasteiger partial charge in [-0.15, -0.1) is 0 Å². The first-order valence-corrected chi connectivity index (χ1v) is 8.97. The van der Waals surface area contributed by atoms with Gasteiger partial charge in [-0.25, -0.2) is 0 Å². The third-order valence-electron chi connectivity index (χ3n) is 4.61. The van der Waals surface area contributed by atoms with Crippen LogP contribution in [0.3, 0.4) is 0 Å². The Balaban J connectivity index is 1.52. The van der Waals surface area contributed by atoms with Crippen molar-refractivity contribution in [2.75, 3.05) is 62.8 Å². The fourth-order valence-corrected chi connectivity index (χ4v) is 3.23. The zero-order valence-corrected chi connectivity index (χ0v) is 14.8. The van der Waals surface area contributed by atoms with E-state index in [-0.39, 0.29) is 13.2 Å². The van der Waals surface area contributed by atoms with Crippen LogP contribution in [0, 0.1) is 0 Å². The van der Waals surface area contributed by atoms with Crippen LogP contribution in [0.5, 0.6) is 0 Å². The number of nitrogens with zero attached hydrogens (tertiary/aromatic N) is 2. The van der Waals surface area contributed by atoms with Crippen LogP contribution in [0.25, 0.3) is 0 Å². The molecule has 0 atom stereocenters. The summed E-state index contributed by atoms with van der Waals surface area (Å²) in [5, 5.41) is 11.7. The molecular formula is C19H25N3O4. The van der Waals surface area contributed by atoms with Crippen LogP contribution >= 0.6 is 0 Å². The van der Waals surface area contributed by atoms with Crippen LogP contribution in [0.4, 0.5) is 11.4 Å². The van der Waals surface area contributed by atoms with Gasteiger partial charge in [0, 0.05) is 39.3 Å². The molecule has 1 aliphatic heterocycles. The number of aliphatic hydroxyl groups excluding tert-OH is 1. The second-order valence-corrected chi connectivity index (χ2v) is 6.39. The highest BCUT2D eigenvalue weighted by atomic mass is 16.5. The van der Waals surface area contributed by atoms with Crippen LogP contribution in [0.15, 0.2) is 39.9 Å². The van der Waals surface area contributed by atoms with Crippen molar-refractivity contribution in [3.8, 4) is 0 Å². The first-order valence-electron chi connectivity index (χ1n) is 8.97. The smallest absolute Gasteiger partial charge is 0.253 e. The van der Waals surface area contributed by atoms with E-state index in [9.17, 15) is 9.59 Å². The summed E-state index contributed by atoms with van der Waals surface area (Å²) in [5.41, 5.74) is 1.34. The lowest BCUT2D eigenvalue weighted by molar-refractivity contribution is 0.0992. The van der Waals surface area contributed by atoms with Gasteiger partial charge in [0.15, 0.2) is 0 Å². The van der Waals surface area contributed by atoms with Crippen molar-refractivity contribution in [1.29, 1.82) is 0 Å². The van der Waals surface area contributed by atoms with Crippen LogP contribution in [0.2, 0.25) is 0 Å². The average molecular weight is 359 g/mol. The van der Waals surface area contributed by atoms with Crippen molar-refractivity contribution in [3.63, 3.8) is 0 Å². The van der Waals surface area contributed by atoms with Gasteiger partial charge in [-0.05, 0) is 5.56 Å². The van der Waals surface area contributed by atoms with Crippen LogP contribution in [-0.4, -0.2) is 62.6 Å².